The molecule has 2 rings (SSSR count). The summed E-state index contributed by atoms with van der Waals surface area (Å²) in [7, 11) is 1.60. The molecule has 0 aliphatic carbocycles. The number of benzene rings is 1. The van der Waals surface area contributed by atoms with Gasteiger partial charge in [-0.15, -0.1) is 0 Å². The Balaban J connectivity index is 2.25. The van der Waals surface area contributed by atoms with Crippen molar-refractivity contribution in [1.82, 2.24) is 5.32 Å². The van der Waals surface area contributed by atoms with Crippen LogP contribution in [0.25, 0.3) is 0 Å². The van der Waals surface area contributed by atoms with E-state index in [1.807, 2.05) is 12.1 Å². The lowest BCUT2D eigenvalue weighted by molar-refractivity contribution is 0.0940. The molecule has 4 nitrogen and oxygen atoms in total. The van der Waals surface area contributed by atoms with E-state index in [9.17, 15) is 4.79 Å². The average molecular weight is 263 g/mol. The third-order valence-electron chi connectivity index (χ3n) is 3.33. The molecule has 0 radical (unpaired) electrons. The summed E-state index contributed by atoms with van der Waals surface area (Å²) in [5.41, 5.74) is 1.68. The average Bonchev–Trinajstić information content (AvgIpc) is 2.43. The maximum atomic E-state index is 12.0. The summed E-state index contributed by atoms with van der Waals surface area (Å²) in [6, 6.07) is 3.83. The Labute approximate surface area is 114 Å². The number of amides is 1. The van der Waals surface area contributed by atoms with Crippen molar-refractivity contribution in [2.45, 2.75) is 32.6 Å². The molecule has 19 heavy (non-hydrogen) atoms. The Hall–Kier alpha value is -1.71. The summed E-state index contributed by atoms with van der Waals surface area (Å²) >= 11 is 0. The van der Waals surface area contributed by atoms with Gasteiger partial charge in [0.1, 0.15) is 0 Å². The van der Waals surface area contributed by atoms with E-state index in [0.29, 0.717) is 30.2 Å². The fraction of sp³-hybridized carbons (Fsp3) is 0.533. The highest BCUT2D eigenvalue weighted by Crippen LogP contribution is 2.35. The Morgan fingerprint density at radius 2 is 2.16 bits per heavy atom. The number of methoxy groups -OCH3 is 1. The summed E-state index contributed by atoms with van der Waals surface area (Å²) in [6.45, 7) is 3.46. The van der Waals surface area contributed by atoms with Gasteiger partial charge in [0, 0.05) is 6.54 Å². The zero-order valence-electron chi connectivity index (χ0n) is 11.6. The van der Waals surface area contributed by atoms with Gasteiger partial charge in [-0.25, -0.2) is 0 Å². The van der Waals surface area contributed by atoms with Crippen LogP contribution in [0.3, 0.4) is 0 Å². The molecule has 1 aromatic carbocycles. The molecule has 1 amide bonds. The SMILES string of the molecule is CCCCCOc1c(OC)ccc2c1C(=O)NCC2. The normalized spacial score (nSPS) is 13.7. The van der Waals surface area contributed by atoms with Crippen molar-refractivity contribution in [2.75, 3.05) is 20.3 Å². The van der Waals surface area contributed by atoms with E-state index >= 15 is 0 Å². The number of hydrogen-bond donors (Lipinski definition) is 1. The monoisotopic (exact) mass is 263 g/mol. The van der Waals surface area contributed by atoms with E-state index in [-0.39, 0.29) is 5.91 Å². The van der Waals surface area contributed by atoms with Crippen LogP contribution in [0.15, 0.2) is 12.1 Å². The fourth-order valence-electron chi connectivity index (χ4n) is 2.29. The molecule has 1 aliphatic rings. The molecule has 1 heterocycles. The van der Waals surface area contributed by atoms with Gasteiger partial charge in [-0.3, -0.25) is 4.79 Å². The number of ether oxygens (including phenoxy) is 2. The van der Waals surface area contributed by atoms with Crippen molar-refractivity contribution < 1.29 is 14.3 Å². The number of rotatable bonds is 6. The first-order valence-electron chi connectivity index (χ1n) is 6.88. The molecule has 0 saturated carbocycles. The first kappa shape index (κ1) is 13.7. The Morgan fingerprint density at radius 3 is 2.89 bits per heavy atom. The van der Waals surface area contributed by atoms with Crippen LogP contribution >= 0.6 is 0 Å². The highest BCUT2D eigenvalue weighted by molar-refractivity contribution is 6.00. The molecule has 0 spiro atoms. The second-order valence-electron chi connectivity index (χ2n) is 4.69. The minimum atomic E-state index is -0.0642. The number of carbonyl (C=O) groups is 1. The largest absolute Gasteiger partial charge is 0.493 e. The molecule has 0 atom stereocenters. The first-order valence-corrected chi connectivity index (χ1v) is 6.88. The van der Waals surface area contributed by atoms with Crippen molar-refractivity contribution >= 4 is 5.91 Å². The van der Waals surface area contributed by atoms with E-state index in [1.54, 1.807) is 7.11 Å². The van der Waals surface area contributed by atoms with E-state index in [1.165, 1.54) is 0 Å². The van der Waals surface area contributed by atoms with Crippen molar-refractivity contribution in [2.24, 2.45) is 0 Å². The zero-order valence-corrected chi connectivity index (χ0v) is 11.6. The Kier molecular flexibility index (Phi) is 4.66. The van der Waals surface area contributed by atoms with Gasteiger partial charge in [-0.05, 0) is 24.5 Å². The first-order chi connectivity index (χ1) is 9.27. The van der Waals surface area contributed by atoms with Gasteiger partial charge < -0.3 is 14.8 Å². The Morgan fingerprint density at radius 1 is 1.32 bits per heavy atom. The summed E-state index contributed by atoms with van der Waals surface area (Å²) in [6.07, 6.45) is 4.11. The topological polar surface area (TPSA) is 47.6 Å². The molecule has 0 aromatic heterocycles. The number of carbonyl (C=O) groups excluding carboxylic acids is 1. The second-order valence-corrected chi connectivity index (χ2v) is 4.69. The third-order valence-corrected chi connectivity index (χ3v) is 3.33. The van der Waals surface area contributed by atoms with Gasteiger partial charge in [-0.2, -0.15) is 0 Å². The smallest absolute Gasteiger partial charge is 0.255 e. The van der Waals surface area contributed by atoms with Crippen LogP contribution in [-0.2, 0) is 6.42 Å². The van der Waals surface area contributed by atoms with Crippen LogP contribution in [0.5, 0.6) is 11.5 Å². The summed E-state index contributed by atoms with van der Waals surface area (Å²) in [4.78, 5) is 12.0. The predicted molar refractivity (Wildman–Crippen MR) is 74.1 cm³/mol. The number of fused-ring (bicyclic) bond motifs is 1. The van der Waals surface area contributed by atoms with Gasteiger partial charge in [-0.1, -0.05) is 25.8 Å². The number of unbranched alkanes of at least 4 members (excludes halogenated alkanes) is 2. The van der Waals surface area contributed by atoms with E-state index in [0.717, 1.165) is 31.2 Å². The van der Waals surface area contributed by atoms with Crippen LogP contribution in [-0.4, -0.2) is 26.2 Å². The van der Waals surface area contributed by atoms with Crippen molar-refractivity contribution in [3.8, 4) is 11.5 Å². The zero-order chi connectivity index (χ0) is 13.7. The van der Waals surface area contributed by atoms with Crippen LogP contribution < -0.4 is 14.8 Å². The molecule has 104 valence electrons. The summed E-state index contributed by atoms with van der Waals surface area (Å²) in [5, 5.41) is 2.86. The van der Waals surface area contributed by atoms with Crippen LogP contribution in [0.4, 0.5) is 0 Å². The molecular weight excluding hydrogens is 242 g/mol. The van der Waals surface area contributed by atoms with Gasteiger partial charge in [0.05, 0.1) is 19.3 Å². The molecule has 1 aliphatic heterocycles. The molecular formula is C15H21NO3. The maximum Gasteiger partial charge on any atom is 0.255 e. The molecule has 1 N–H and O–H groups in total. The van der Waals surface area contributed by atoms with Gasteiger partial charge in [0.25, 0.3) is 5.91 Å². The molecule has 0 saturated heterocycles. The minimum Gasteiger partial charge on any atom is -0.493 e. The van der Waals surface area contributed by atoms with Crippen LogP contribution in [0.1, 0.15) is 42.1 Å². The molecule has 0 fully saturated rings. The van der Waals surface area contributed by atoms with E-state index in [2.05, 4.69) is 12.2 Å². The Bertz CT molecular complexity index is 457. The van der Waals surface area contributed by atoms with Crippen molar-refractivity contribution in [3.05, 3.63) is 23.3 Å². The lowest BCUT2D eigenvalue weighted by Gasteiger charge is -2.21. The second kappa shape index (κ2) is 6.45. The minimum absolute atomic E-state index is 0.0642. The van der Waals surface area contributed by atoms with E-state index < -0.39 is 0 Å². The third kappa shape index (κ3) is 3.00. The molecule has 1 aromatic rings. The van der Waals surface area contributed by atoms with Crippen molar-refractivity contribution in [1.29, 1.82) is 0 Å². The van der Waals surface area contributed by atoms with Gasteiger partial charge in [0.15, 0.2) is 11.5 Å². The highest BCUT2D eigenvalue weighted by Gasteiger charge is 2.24. The highest BCUT2D eigenvalue weighted by atomic mass is 16.5. The lowest BCUT2D eigenvalue weighted by atomic mass is 9.99. The molecule has 4 heteroatoms. The summed E-state index contributed by atoms with van der Waals surface area (Å²) in [5.74, 6) is 1.16. The lowest BCUT2D eigenvalue weighted by Crippen LogP contribution is -2.32. The van der Waals surface area contributed by atoms with Crippen molar-refractivity contribution in [3.63, 3.8) is 0 Å². The standard InChI is InChI=1S/C15H21NO3/c1-3-4-5-10-19-14-12(18-2)7-6-11-8-9-16-15(17)13(11)14/h6-7H,3-5,8-10H2,1-2H3,(H,16,17). The quantitative estimate of drug-likeness (QED) is 0.802. The fourth-order valence-corrected chi connectivity index (χ4v) is 2.29. The molecule has 0 unspecified atom stereocenters. The number of nitrogens with one attached hydrogen (secondary N) is 1. The molecule has 0 bridgehead atoms. The predicted octanol–water partition coefficient (Wildman–Crippen LogP) is 2.55. The van der Waals surface area contributed by atoms with Crippen LogP contribution in [0, 0.1) is 0 Å². The van der Waals surface area contributed by atoms with Crippen LogP contribution in [0.2, 0.25) is 0 Å². The maximum absolute atomic E-state index is 12.0. The van der Waals surface area contributed by atoms with Gasteiger partial charge in [0.2, 0.25) is 0 Å². The van der Waals surface area contributed by atoms with E-state index in [4.69, 9.17) is 9.47 Å². The van der Waals surface area contributed by atoms with Gasteiger partial charge >= 0.3 is 0 Å². The summed E-state index contributed by atoms with van der Waals surface area (Å²) < 4.78 is 11.1. The number of hydrogen-bond acceptors (Lipinski definition) is 3.